The highest BCUT2D eigenvalue weighted by atomic mass is 32.1. The normalized spacial score (nSPS) is 11.1. The maximum atomic E-state index is 12.6. The third-order valence-corrected chi connectivity index (χ3v) is 5.66. The van der Waals surface area contributed by atoms with Crippen LogP contribution in [0.4, 0.5) is 5.69 Å². The Labute approximate surface area is 165 Å². The third-order valence-electron chi connectivity index (χ3n) is 4.59. The smallest absolute Gasteiger partial charge is 0.216 e. The number of anilines is 1. The van der Waals surface area contributed by atoms with Crippen LogP contribution in [0.5, 0.6) is 0 Å². The molecule has 0 saturated heterocycles. The van der Waals surface area contributed by atoms with E-state index in [0.29, 0.717) is 5.76 Å². The van der Waals surface area contributed by atoms with Crippen LogP contribution in [-0.4, -0.2) is 17.3 Å². The second-order valence-corrected chi connectivity index (χ2v) is 7.49. The van der Waals surface area contributed by atoms with E-state index in [4.69, 9.17) is 9.40 Å². The van der Waals surface area contributed by atoms with Gasteiger partial charge in [-0.1, -0.05) is 42.5 Å². The predicted molar refractivity (Wildman–Crippen MR) is 114 cm³/mol. The molecule has 0 atom stereocenters. The molecule has 5 rings (SSSR count). The predicted octanol–water partition coefficient (Wildman–Crippen LogP) is 6.00. The Morgan fingerprint density at radius 3 is 2.64 bits per heavy atom. The Morgan fingerprint density at radius 1 is 0.964 bits per heavy atom. The number of benzene rings is 3. The lowest BCUT2D eigenvalue weighted by Gasteiger charge is -2.09. The van der Waals surface area contributed by atoms with E-state index in [1.54, 1.807) is 17.4 Å². The van der Waals surface area contributed by atoms with Gasteiger partial charge in [-0.25, -0.2) is 4.98 Å². The van der Waals surface area contributed by atoms with E-state index in [1.807, 2.05) is 66.7 Å². The van der Waals surface area contributed by atoms with Gasteiger partial charge in [0.1, 0.15) is 10.6 Å². The highest BCUT2D eigenvalue weighted by Crippen LogP contribution is 2.34. The van der Waals surface area contributed by atoms with E-state index in [1.165, 1.54) is 0 Å². The number of carbonyl (C=O) groups excluding carboxylic acids is 1. The summed E-state index contributed by atoms with van der Waals surface area (Å²) < 4.78 is 6.82. The molecule has 0 radical (unpaired) electrons. The van der Waals surface area contributed by atoms with Gasteiger partial charge in [0.2, 0.25) is 5.78 Å². The third kappa shape index (κ3) is 3.06. The van der Waals surface area contributed by atoms with Crippen LogP contribution < -0.4 is 5.32 Å². The quantitative estimate of drug-likeness (QED) is 0.377. The zero-order chi connectivity index (χ0) is 18.9. The Bertz CT molecular complexity index is 1240. The molecule has 28 heavy (non-hydrogen) atoms. The highest BCUT2D eigenvalue weighted by Gasteiger charge is 2.14. The molecule has 0 aliphatic rings. The highest BCUT2D eigenvalue weighted by molar-refractivity contribution is 7.21. The number of para-hydroxylation sites is 3. The van der Waals surface area contributed by atoms with Gasteiger partial charge in [0.25, 0.3) is 0 Å². The Morgan fingerprint density at radius 2 is 1.75 bits per heavy atom. The molecule has 0 spiro atoms. The van der Waals surface area contributed by atoms with Crippen LogP contribution in [0.1, 0.15) is 10.6 Å². The van der Waals surface area contributed by atoms with Crippen molar-refractivity contribution in [3.05, 3.63) is 84.6 Å². The molecule has 5 heteroatoms. The number of Topliss-reactive ketones (excluding diaryl/α,β-unsaturated/α-hetero) is 1. The minimum atomic E-state index is -0.0877. The van der Waals surface area contributed by atoms with Gasteiger partial charge in [-0.05, 0) is 36.4 Å². The van der Waals surface area contributed by atoms with Crippen LogP contribution >= 0.6 is 11.3 Å². The maximum Gasteiger partial charge on any atom is 0.216 e. The average Bonchev–Trinajstić information content (AvgIpc) is 3.36. The molecule has 0 amide bonds. The maximum absolute atomic E-state index is 12.6. The lowest BCUT2D eigenvalue weighted by atomic mass is 10.1. The van der Waals surface area contributed by atoms with Crippen LogP contribution in [0.15, 0.2) is 83.3 Å². The van der Waals surface area contributed by atoms with E-state index in [2.05, 4.69) is 11.4 Å². The zero-order valence-electron chi connectivity index (χ0n) is 14.9. The monoisotopic (exact) mass is 384 g/mol. The fourth-order valence-electron chi connectivity index (χ4n) is 3.19. The van der Waals surface area contributed by atoms with Crippen LogP contribution in [0.3, 0.4) is 0 Å². The van der Waals surface area contributed by atoms with E-state index in [9.17, 15) is 4.79 Å². The molecular formula is C23H16N2O2S. The number of aromatic nitrogens is 1. The molecule has 0 bridgehead atoms. The van der Waals surface area contributed by atoms with Gasteiger partial charge in [0, 0.05) is 16.6 Å². The van der Waals surface area contributed by atoms with Crippen molar-refractivity contribution in [2.75, 3.05) is 11.9 Å². The number of fused-ring (bicyclic) bond motifs is 2. The summed E-state index contributed by atoms with van der Waals surface area (Å²) in [6, 6.07) is 25.4. The molecule has 5 aromatic rings. The Balaban J connectivity index is 1.40. The molecule has 0 unspecified atom stereocenters. The van der Waals surface area contributed by atoms with Crippen molar-refractivity contribution in [2.45, 2.75) is 0 Å². The van der Waals surface area contributed by atoms with Crippen molar-refractivity contribution < 1.29 is 9.21 Å². The van der Waals surface area contributed by atoms with Gasteiger partial charge < -0.3 is 9.73 Å². The summed E-state index contributed by atoms with van der Waals surface area (Å²) in [6.45, 7) is 0.154. The summed E-state index contributed by atoms with van der Waals surface area (Å²) in [5, 5.41) is 5.12. The van der Waals surface area contributed by atoms with Crippen LogP contribution in [0, 0.1) is 0 Å². The van der Waals surface area contributed by atoms with Crippen molar-refractivity contribution in [1.29, 1.82) is 0 Å². The van der Waals surface area contributed by atoms with E-state index in [0.717, 1.165) is 37.4 Å². The van der Waals surface area contributed by atoms with Gasteiger partial charge >= 0.3 is 0 Å². The number of furan rings is 1. The SMILES string of the molecule is O=C(CNc1ccccc1-c1nc2ccccc2s1)c1cc2ccccc2o1. The summed E-state index contributed by atoms with van der Waals surface area (Å²) in [4.78, 5) is 17.3. The Kier molecular flexibility index (Phi) is 4.14. The first kappa shape index (κ1) is 16.7. The topological polar surface area (TPSA) is 55.1 Å². The molecule has 2 aromatic heterocycles. The van der Waals surface area contributed by atoms with Gasteiger partial charge in [0.05, 0.1) is 16.8 Å². The minimum absolute atomic E-state index is 0.0877. The van der Waals surface area contributed by atoms with Gasteiger partial charge in [-0.2, -0.15) is 0 Å². The molecule has 0 aliphatic carbocycles. The number of hydrogen-bond acceptors (Lipinski definition) is 5. The number of thiazole rings is 1. The summed E-state index contributed by atoms with van der Waals surface area (Å²) in [7, 11) is 0. The molecule has 0 saturated carbocycles. The van der Waals surface area contributed by atoms with Gasteiger partial charge in [-0.15, -0.1) is 11.3 Å². The molecule has 4 nitrogen and oxygen atoms in total. The fourth-order valence-corrected chi connectivity index (χ4v) is 4.20. The van der Waals surface area contributed by atoms with Crippen molar-refractivity contribution >= 4 is 44.0 Å². The van der Waals surface area contributed by atoms with Crippen LogP contribution in [0.2, 0.25) is 0 Å². The first-order chi connectivity index (χ1) is 13.8. The number of carbonyl (C=O) groups is 1. The standard InChI is InChI=1S/C23H16N2O2S/c26-19(21-13-15-7-1-5-11-20(15)27-21)14-24-17-9-3-2-8-16(17)23-25-18-10-4-6-12-22(18)28-23/h1-13,24H,14H2. The number of nitrogens with zero attached hydrogens (tertiary/aromatic N) is 1. The zero-order valence-corrected chi connectivity index (χ0v) is 15.7. The molecule has 136 valence electrons. The lowest BCUT2D eigenvalue weighted by Crippen LogP contribution is -2.13. The van der Waals surface area contributed by atoms with Crippen molar-refractivity contribution in [2.24, 2.45) is 0 Å². The number of nitrogens with one attached hydrogen (secondary N) is 1. The van der Waals surface area contributed by atoms with E-state index >= 15 is 0 Å². The summed E-state index contributed by atoms with van der Waals surface area (Å²) in [5.41, 5.74) is 3.57. The average molecular weight is 384 g/mol. The molecule has 3 aromatic carbocycles. The fraction of sp³-hybridized carbons (Fsp3) is 0.0435. The first-order valence-electron chi connectivity index (χ1n) is 8.98. The second kappa shape index (κ2) is 6.94. The van der Waals surface area contributed by atoms with Crippen molar-refractivity contribution in [3.8, 4) is 10.6 Å². The lowest BCUT2D eigenvalue weighted by molar-refractivity contribution is 0.0982. The number of ketones is 1. The number of rotatable bonds is 5. The Hall–Kier alpha value is -3.44. The summed E-state index contributed by atoms with van der Waals surface area (Å²) in [6.07, 6.45) is 0. The molecule has 2 heterocycles. The van der Waals surface area contributed by atoms with Gasteiger partial charge in [0.15, 0.2) is 5.76 Å². The first-order valence-corrected chi connectivity index (χ1v) is 9.80. The number of hydrogen-bond donors (Lipinski definition) is 1. The van der Waals surface area contributed by atoms with Crippen molar-refractivity contribution in [3.63, 3.8) is 0 Å². The molecular weight excluding hydrogens is 368 g/mol. The van der Waals surface area contributed by atoms with Gasteiger partial charge in [-0.3, -0.25) is 4.79 Å². The van der Waals surface area contributed by atoms with Crippen LogP contribution in [-0.2, 0) is 0 Å². The van der Waals surface area contributed by atoms with Crippen LogP contribution in [0.25, 0.3) is 31.8 Å². The summed E-state index contributed by atoms with van der Waals surface area (Å²) in [5.74, 6) is 0.279. The van der Waals surface area contributed by atoms with E-state index in [-0.39, 0.29) is 12.3 Å². The molecule has 1 N–H and O–H groups in total. The minimum Gasteiger partial charge on any atom is -0.453 e. The molecule has 0 aliphatic heterocycles. The second-order valence-electron chi connectivity index (χ2n) is 6.46. The summed E-state index contributed by atoms with van der Waals surface area (Å²) >= 11 is 1.64. The van der Waals surface area contributed by atoms with Crippen molar-refractivity contribution in [1.82, 2.24) is 4.98 Å². The van der Waals surface area contributed by atoms with E-state index < -0.39 is 0 Å². The molecule has 0 fully saturated rings. The largest absolute Gasteiger partial charge is 0.453 e.